The molecule has 4 aliphatic rings. The van der Waals surface area contributed by atoms with Gasteiger partial charge in [0.25, 0.3) is 0 Å². The Hall–Kier alpha value is -0.160. The highest BCUT2D eigenvalue weighted by Gasteiger charge is 2.47. The second-order valence-corrected chi connectivity index (χ2v) is 6.95. The van der Waals surface area contributed by atoms with Crippen molar-refractivity contribution in [2.24, 2.45) is 11.8 Å². The van der Waals surface area contributed by atoms with Crippen molar-refractivity contribution in [1.29, 1.82) is 0 Å². The first-order valence-corrected chi connectivity index (χ1v) is 8.02. The molecule has 1 saturated carbocycles. The standard InChI is InChI=1S/C15H26N2O2/c1-11-14-7-16-6-12(14)8-17(11)9-13-10-18-15(19-13)4-2-3-5-15/h11-14,16H,2-10H2,1H3. The monoisotopic (exact) mass is 266 g/mol. The van der Waals surface area contributed by atoms with Gasteiger partial charge in [-0.05, 0) is 44.7 Å². The predicted molar refractivity (Wildman–Crippen MR) is 72.9 cm³/mol. The van der Waals surface area contributed by atoms with Gasteiger partial charge in [-0.1, -0.05) is 0 Å². The van der Waals surface area contributed by atoms with Crippen LogP contribution in [0.25, 0.3) is 0 Å². The van der Waals surface area contributed by atoms with E-state index in [1.54, 1.807) is 0 Å². The van der Waals surface area contributed by atoms with Crippen molar-refractivity contribution in [2.75, 3.05) is 32.8 Å². The lowest BCUT2D eigenvalue weighted by Crippen LogP contribution is -2.40. The third-order valence-corrected chi connectivity index (χ3v) is 5.77. The van der Waals surface area contributed by atoms with Crippen LogP contribution in [-0.2, 0) is 9.47 Å². The predicted octanol–water partition coefficient (Wildman–Crippen LogP) is 1.21. The van der Waals surface area contributed by atoms with Crippen molar-refractivity contribution in [3.05, 3.63) is 0 Å². The Labute approximate surface area is 115 Å². The number of nitrogens with zero attached hydrogens (tertiary/aromatic N) is 1. The van der Waals surface area contributed by atoms with Gasteiger partial charge in [0.05, 0.1) is 12.7 Å². The number of hydrogen-bond acceptors (Lipinski definition) is 4. The zero-order chi connectivity index (χ0) is 12.9. The normalized spacial score (nSPS) is 45.3. The summed E-state index contributed by atoms with van der Waals surface area (Å²) in [6.07, 6.45) is 5.04. The van der Waals surface area contributed by atoms with Crippen LogP contribution >= 0.6 is 0 Å². The SMILES string of the molecule is CC1C2CNCC2CN1CC1COC2(CCCC2)O1. The van der Waals surface area contributed by atoms with Gasteiger partial charge in [0.2, 0.25) is 0 Å². The Morgan fingerprint density at radius 2 is 2.11 bits per heavy atom. The van der Waals surface area contributed by atoms with Gasteiger partial charge >= 0.3 is 0 Å². The highest BCUT2D eigenvalue weighted by molar-refractivity contribution is 4.97. The third-order valence-electron chi connectivity index (χ3n) is 5.77. The van der Waals surface area contributed by atoms with Crippen LogP contribution in [0.15, 0.2) is 0 Å². The van der Waals surface area contributed by atoms with E-state index in [0.717, 1.165) is 37.8 Å². The van der Waals surface area contributed by atoms with Gasteiger partial charge in [0, 0.05) is 32.0 Å². The first-order chi connectivity index (χ1) is 9.26. The maximum absolute atomic E-state index is 6.26. The molecule has 4 nitrogen and oxygen atoms in total. The summed E-state index contributed by atoms with van der Waals surface area (Å²) in [4.78, 5) is 2.64. The van der Waals surface area contributed by atoms with Crippen LogP contribution in [0.3, 0.4) is 0 Å². The fourth-order valence-corrected chi connectivity index (χ4v) is 4.64. The van der Waals surface area contributed by atoms with E-state index in [1.807, 2.05) is 0 Å². The second-order valence-electron chi connectivity index (χ2n) is 6.95. The number of fused-ring (bicyclic) bond motifs is 1. The molecule has 108 valence electrons. The summed E-state index contributed by atoms with van der Waals surface area (Å²) in [5, 5.41) is 3.53. The number of likely N-dealkylation sites (tertiary alicyclic amines) is 1. The topological polar surface area (TPSA) is 33.7 Å². The Bertz CT molecular complexity index is 343. The minimum absolute atomic E-state index is 0.189. The van der Waals surface area contributed by atoms with Crippen molar-refractivity contribution in [1.82, 2.24) is 10.2 Å². The molecule has 4 unspecified atom stereocenters. The quantitative estimate of drug-likeness (QED) is 0.814. The van der Waals surface area contributed by atoms with Gasteiger partial charge < -0.3 is 14.8 Å². The maximum atomic E-state index is 6.26. The van der Waals surface area contributed by atoms with Crippen LogP contribution in [0.2, 0.25) is 0 Å². The van der Waals surface area contributed by atoms with Crippen LogP contribution in [0, 0.1) is 11.8 Å². The van der Waals surface area contributed by atoms with E-state index in [4.69, 9.17) is 9.47 Å². The van der Waals surface area contributed by atoms with Crippen molar-refractivity contribution >= 4 is 0 Å². The van der Waals surface area contributed by atoms with Crippen molar-refractivity contribution in [3.8, 4) is 0 Å². The summed E-state index contributed by atoms with van der Waals surface area (Å²) in [6.45, 7) is 7.91. The van der Waals surface area contributed by atoms with Crippen molar-refractivity contribution in [2.45, 2.75) is 50.5 Å². The zero-order valence-corrected chi connectivity index (χ0v) is 11.9. The van der Waals surface area contributed by atoms with Gasteiger partial charge in [0.15, 0.2) is 5.79 Å². The van der Waals surface area contributed by atoms with E-state index in [1.165, 1.54) is 32.5 Å². The van der Waals surface area contributed by atoms with Crippen LogP contribution in [-0.4, -0.2) is 55.6 Å². The number of ether oxygens (including phenoxy) is 2. The van der Waals surface area contributed by atoms with Crippen molar-refractivity contribution < 1.29 is 9.47 Å². The molecule has 0 radical (unpaired) electrons. The molecule has 0 bridgehead atoms. The smallest absolute Gasteiger partial charge is 0.168 e. The molecule has 0 amide bonds. The zero-order valence-electron chi connectivity index (χ0n) is 11.9. The van der Waals surface area contributed by atoms with Crippen LogP contribution < -0.4 is 5.32 Å². The number of hydrogen-bond donors (Lipinski definition) is 1. The van der Waals surface area contributed by atoms with E-state index in [9.17, 15) is 0 Å². The average Bonchev–Trinajstić information content (AvgIpc) is 3.13. The molecule has 3 aliphatic heterocycles. The highest BCUT2D eigenvalue weighted by atomic mass is 16.7. The van der Waals surface area contributed by atoms with E-state index in [-0.39, 0.29) is 5.79 Å². The van der Waals surface area contributed by atoms with Crippen LogP contribution in [0.1, 0.15) is 32.6 Å². The average molecular weight is 266 g/mol. The summed E-state index contributed by atoms with van der Waals surface area (Å²) in [6, 6.07) is 0.698. The van der Waals surface area contributed by atoms with E-state index in [0.29, 0.717) is 12.1 Å². The molecule has 4 atom stereocenters. The van der Waals surface area contributed by atoms with E-state index in [2.05, 4.69) is 17.1 Å². The molecule has 0 aromatic carbocycles. The van der Waals surface area contributed by atoms with Gasteiger partial charge in [-0.2, -0.15) is 0 Å². The fourth-order valence-electron chi connectivity index (χ4n) is 4.64. The molecule has 1 N–H and O–H groups in total. The summed E-state index contributed by atoms with van der Waals surface area (Å²) >= 11 is 0. The molecule has 0 aromatic rings. The third kappa shape index (κ3) is 2.13. The minimum Gasteiger partial charge on any atom is -0.347 e. The van der Waals surface area contributed by atoms with Gasteiger partial charge in [0.1, 0.15) is 0 Å². The number of nitrogens with one attached hydrogen (secondary N) is 1. The van der Waals surface area contributed by atoms with E-state index >= 15 is 0 Å². The second kappa shape index (κ2) is 4.69. The molecule has 0 aromatic heterocycles. The Morgan fingerprint density at radius 1 is 1.26 bits per heavy atom. The largest absolute Gasteiger partial charge is 0.347 e. The molecule has 1 spiro atoms. The van der Waals surface area contributed by atoms with Crippen LogP contribution in [0.4, 0.5) is 0 Å². The maximum Gasteiger partial charge on any atom is 0.168 e. The first kappa shape index (κ1) is 12.6. The summed E-state index contributed by atoms with van der Waals surface area (Å²) in [5.74, 6) is 1.52. The van der Waals surface area contributed by atoms with Gasteiger partial charge in [-0.3, -0.25) is 4.90 Å². The lowest BCUT2D eigenvalue weighted by molar-refractivity contribution is -0.163. The van der Waals surface area contributed by atoms with Gasteiger partial charge in [-0.25, -0.2) is 0 Å². The summed E-state index contributed by atoms with van der Waals surface area (Å²) < 4.78 is 12.3. The molecule has 3 heterocycles. The lowest BCUT2D eigenvalue weighted by Gasteiger charge is -2.27. The van der Waals surface area contributed by atoms with Crippen LogP contribution in [0.5, 0.6) is 0 Å². The summed E-state index contributed by atoms with van der Waals surface area (Å²) in [5.41, 5.74) is 0. The molecule has 4 fully saturated rings. The Kier molecular flexibility index (Phi) is 3.10. The lowest BCUT2D eigenvalue weighted by atomic mass is 9.95. The molecule has 1 aliphatic carbocycles. The van der Waals surface area contributed by atoms with Crippen molar-refractivity contribution in [3.63, 3.8) is 0 Å². The molecule has 4 heteroatoms. The highest BCUT2D eigenvalue weighted by Crippen LogP contribution is 2.40. The molecular formula is C15H26N2O2. The molecular weight excluding hydrogens is 240 g/mol. The van der Waals surface area contributed by atoms with E-state index < -0.39 is 0 Å². The molecule has 3 saturated heterocycles. The Morgan fingerprint density at radius 3 is 2.89 bits per heavy atom. The summed E-state index contributed by atoms with van der Waals surface area (Å²) in [7, 11) is 0. The van der Waals surface area contributed by atoms with Gasteiger partial charge in [-0.15, -0.1) is 0 Å². The number of rotatable bonds is 2. The fraction of sp³-hybridized carbons (Fsp3) is 1.00. The Balaban J connectivity index is 1.35. The minimum atomic E-state index is -0.189. The first-order valence-electron chi connectivity index (χ1n) is 8.02. The molecule has 19 heavy (non-hydrogen) atoms. The molecule has 4 rings (SSSR count).